The van der Waals surface area contributed by atoms with E-state index >= 15 is 0 Å². The Kier molecular flexibility index (Phi) is 3.83. The van der Waals surface area contributed by atoms with E-state index in [0.717, 1.165) is 6.20 Å². The van der Waals surface area contributed by atoms with E-state index in [9.17, 15) is 25.4 Å². The molecule has 12 heteroatoms. The summed E-state index contributed by atoms with van der Waals surface area (Å²) >= 11 is 0. The molecule has 0 radical (unpaired) electrons. The lowest BCUT2D eigenvalue weighted by Crippen LogP contribution is -2.37. The summed E-state index contributed by atoms with van der Waals surface area (Å²) in [7, 11) is 0. The van der Waals surface area contributed by atoms with Gasteiger partial charge in [0.15, 0.2) is 11.9 Å². The van der Waals surface area contributed by atoms with Crippen LogP contribution in [0.1, 0.15) is 11.8 Å². The van der Waals surface area contributed by atoms with Crippen LogP contribution in [-0.2, 0) is 4.74 Å². The van der Waals surface area contributed by atoms with Crippen LogP contribution in [0, 0.1) is 10.1 Å². The predicted molar refractivity (Wildman–Crippen MR) is 60.0 cm³/mol. The van der Waals surface area contributed by atoms with Crippen LogP contribution >= 0.6 is 0 Å². The molecule has 1 aliphatic rings. The molecule has 0 amide bonds. The Morgan fingerprint density at radius 3 is 2.85 bits per heavy atom. The smallest absolute Gasteiger partial charge is 0.390 e. The molecule has 0 aliphatic carbocycles. The first kappa shape index (κ1) is 14.2. The Morgan fingerprint density at radius 2 is 2.30 bits per heavy atom. The SMILES string of the molecule is [N-]=[N+]=NC(O)[C@H]1OC(c2c[nH]c([N+](=O)[O-])n2)[C@@H](O)[C@@H]1O. The first-order valence-corrected chi connectivity index (χ1v) is 5.39. The molecule has 1 aromatic heterocycles. The summed E-state index contributed by atoms with van der Waals surface area (Å²) in [5, 5.41) is 42.4. The van der Waals surface area contributed by atoms with Crippen LogP contribution in [0.15, 0.2) is 11.3 Å². The summed E-state index contributed by atoms with van der Waals surface area (Å²) in [6.07, 6.45) is -6.13. The van der Waals surface area contributed by atoms with Crippen molar-refractivity contribution in [2.75, 3.05) is 0 Å². The average Bonchev–Trinajstić information content (AvgIpc) is 2.97. The van der Waals surface area contributed by atoms with Gasteiger partial charge >= 0.3 is 5.95 Å². The molecular weight excluding hydrogens is 276 g/mol. The minimum absolute atomic E-state index is 0.0149. The Bertz CT molecular complexity index is 555. The Labute approximate surface area is 110 Å². The fraction of sp³-hybridized carbons (Fsp3) is 0.625. The van der Waals surface area contributed by atoms with E-state index in [4.69, 9.17) is 10.3 Å². The second kappa shape index (κ2) is 5.40. The normalized spacial score (nSPS) is 30.8. The highest BCUT2D eigenvalue weighted by Crippen LogP contribution is 2.34. The van der Waals surface area contributed by atoms with Crippen LogP contribution in [0.3, 0.4) is 0 Å². The molecule has 0 spiro atoms. The molecule has 4 N–H and O–H groups in total. The number of nitro groups is 1. The minimum atomic E-state index is -1.71. The van der Waals surface area contributed by atoms with Gasteiger partial charge < -0.3 is 30.2 Å². The third-order valence-corrected chi connectivity index (χ3v) is 2.81. The van der Waals surface area contributed by atoms with Crippen molar-refractivity contribution in [2.45, 2.75) is 30.6 Å². The van der Waals surface area contributed by atoms with Crippen molar-refractivity contribution >= 4 is 5.95 Å². The zero-order valence-corrected chi connectivity index (χ0v) is 9.77. The van der Waals surface area contributed by atoms with Gasteiger partial charge in [-0.15, -0.1) is 0 Å². The number of hydrogen-bond donors (Lipinski definition) is 4. The average molecular weight is 286 g/mol. The van der Waals surface area contributed by atoms with E-state index in [1.54, 1.807) is 0 Å². The van der Waals surface area contributed by atoms with E-state index in [2.05, 4.69) is 20.0 Å². The second-order valence-electron chi connectivity index (χ2n) is 4.03. The highest BCUT2D eigenvalue weighted by molar-refractivity contribution is 5.16. The predicted octanol–water partition coefficient (Wildman–Crippen LogP) is -0.892. The van der Waals surface area contributed by atoms with Gasteiger partial charge in [0.05, 0.1) is 0 Å². The zero-order valence-electron chi connectivity index (χ0n) is 9.77. The number of hydrogen-bond acceptors (Lipinski definition) is 8. The van der Waals surface area contributed by atoms with Crippen LogP contribution < -0.4 is 0 Å². The summed E-state index contributed by atoms with van der Waals surface area (Å²) in [4.78, 5) is 17.9. The van der Waals surface area contributed by atoms with E-state index in [0.29, 0.717) is 0 Å². The molecule has 0 aromatic carbocycles. The number of rotatable bonds is 4. The molecule has 108 valence electrons. The standard InChI is InChI=1S/C8H10N6O6/c9-13-12-7(17)6-4(16)3(15)5(20-6)2-1-10-8(11-2)14(18)19/h1,3-7,15-17H,(H,10,11)/t3-,4-,5?,6-,7?/m0/s1. The largest absolute Gasteiger partial charge is 0.432 e. The van der Waals surface area contributed by atoms with Gasteiger partial charge in [0, 0.05) is 4.91 Å². The maximum Gasteiger partial charge on any atom is 0.432 e. The number of H-pyrrole nitrogens is 1. The van der Waals surface area contributed by atoms with Crippen LogP contribution in [0.2, 0.25) is 0 Å². The van der Waals surface area contributed by atoms with E-state index in [1.165, 1.54) is 0 Å². The molecule has 12 nitrogen and oxygen atoms in total. The molecule has 20 heavy (non-hydrogen) atoms. The summed E-state index contributed by atoms with van der Waals surface area (Å²) in [6, 6.07) is 0. The van der Waals surface area contributed by atoms with Gasteiger partial charge in [0.25, 0.3) is 0 Å². The quantitative estimate of drug-likeness (QED) is 0.181. The number of nitrogens with zero attached hydrogens (tertiary/aromatic N) is 5. The molecule has 1 saturated heterocycles. The molecule has 0 bridgehead atoms. The van der Waals surface area contributed by atoms with Crippen molar-refractivity contribution in [1.29, 1.82) is 0 Å². The lowest BCUT2D eigenvalue weighted by atomic mass is 10.1. The molecule has 2 heterocycles. The number of aromatic nitrogens is 2. The van der Waals surface area contributed by atoms with Crippen molar-refractivity contribution in [3.05, 3.63) is 32.4 Å². The lowest BCUT2D eigenvalue weighted by Gasteiger charge is -2.16. The van der Waals surface area contributed by atoms with Gasteiger partial charge in [-0.1, -0.05) is 10.1 Å². The number of nitrogens with one attached hydrogen (secondary N) is 1. The monoisotopic (exact) mass is 286 g/mol. The first-order chi connectivity index (χ1) is 9.45. The fourth-order valence-electron chi connectivity index (χ4n) is 1.88. The molecule has 1 aromatic rings. The fourth-order valence-corrected chi connectivity index (χ4v) is 1.88. The number of aliphatic hydroxyl groups is 3. The van der Waals surface area contributed by atoms with Gasteiger partial charge in [0.2, 0.25) is 0 Å². The van der Waals surface area contributed by atoms with Gasteiger partial charge in [-0.05, 0) is 10.5 Å². The molecular formula is C8H10N6O6. The number of aromatic amines is 1. The maximum atomic E-state index is 10.5. The topological polar surface area (TPSA) is 190 Å². The Balaban J connectivity index is 2.21. The van der Waals surface area contributed by atoms with Gasteiger partial charge in [-0.25, -0.2) is 4.98 Å². The van der Waals surface area contributed by atoms with Crippen LogP contribution in [0.4, 0.5) is 5.95 Å². The molecule has 5 atom stereocenters. The Morgan fingerprint density at radius 1 is 1.60 bits per heavy atom. The van der Waals surface area contributed by atoms with Gasteiger partial charge in [0.1, 0.15) is 30.6 Å². The van der Waals surface area contributed by atoms with Crippen molar-refractivity contribution in [1.82, 2.24) is 9.97 Å². The summed E-state index contributed by atoms with van der Waals surface area (Å²) in [5.74, 6) is -0.552. The van der Waals surface area contributed by atoms with Crippen molar-refractivity contribution < 1.29 is 25.0 Å². The second-order valence-corrected chi connectivity index (χ2v) is 4.03. The molecule has 0 saturated carbocycles. The zero-order chi connectivity index (χ0) is 14.9. The van der Waals surface area contributed by atoms with E-state index in [1.807, 2.05) is 0 Å². The third kappa shape index (κ3) is 2.41. The third-order valence-electron chi connectivity index (χ3n) is 2.81. The molecule has 2 unspecified atom stereocenters. The number of azide groups is 1. The number of imidazole rings is 1. The van der Waals surface area contributed by atoms with Crippen LogP contribution in [0.25, 0.3) is 10.4 Å². The highest BCUT2D eigenvalue weighted by atomic mass is 16.6. The summed E-state index contributed by atoms with van der Waals surface area (Å²) in [5.41, 5.74) is 8.19. The van der Waals surface area contributed by atoms with Crippen LogP contribution in [-0.4, -0.2) is 54.8 Å². The number of aliphatic hydroxyl groups excluding tert-OH is 3. The van der Waals surface area contributed by atoms with E-state index < -0.39 is 41.5 Å². The highest BCUT2D eigenvalue weighted by Gasteiger charge is 2.48. The van der Waals surface area contributed by atoms with Gasteiger partial charge in [-0.2, -0.15) is 0 Å². The minimum Gasteiger partial charge on any atom is -0.390 e. The van der Waals surface area contributed by atoms with Gasteiger partial charge in [-0.3, -0.25) is 0 Å². The molecule has 1 fully saturated rings. The first-order valence-electron chi connectivity index (χ1n) is 5.39. The van der Waals surface area contributed by atoms with Crippen molar-refractivity contribution in [3.8, 4) is 0 Å². The van der Waals surface area contributed by atoms with Crippen LogP contribution in [0.5, 0.6) is 0 Å². The van der Waals surface area contributed by atoms with E-state index in [-0.39, 0.29) is 5.69 Å². The molecule has 1 aliphatic heterocycles. The van der Waals surface area contributed by atoms with Crippen molar-refractivity contribution in [3.63, 3.8) is 0 Å². The lowest BCUT2D eigenvalue weighted by molar-refractivity contribution is -0.393. The molecule has 2 rings (SSSR count). The van der Waals surface area contributed by atoms with Crippen molar-refractivity contribution in [2.24, 2.45) is 5.11 Å². The number of ether oxygens (including phenoxy) is 1. The maximum absolute atomic E-state index is 10.5. The summed E-state index contributed by atoms with van der Waals surface area (Å²) in [6.45, 7) is 0. The summed E-state index contributed by atoms with van der Waals surface area (Å²) < 4.78 is 5.16. The Hall–Kier alpha value is -2.24.